The Morgan fingerprint density at radius 1 is 1.17 bits per heavy atom. The van der Waals surface area contributed by atoms with Crippen LogP contribution in [0, 0.1) is 34.5 Å². The Hall–Kier alpha value is -0.670. The fourth-order valence-corrected chi connectivity index (χ4v) is 7.39. The minimum absolute atomic E-state index is 0.0255. The maximum Gasteiger partial charge on any atom is 0.136 e. The van der Waals surface area contributed by atoms with Gasteiger partial charge < -0.3 is 10.2 Å². The lowest BCUT2D eigenvalue weighted by Crippen LogP contribution is -2.51. The van der Waals surface area contributed by atoms with E-state index in [1.54, 1.807) is 6.92 Å². The number of ketones is 1. The van der Waals surface area contributed by atoms with Crippen LogP contribution in [0.1, 0.15) is 65.7 Å². The topological polar surface area (TPSA) is 57.5 Å². The third-order valence-corrected chi connectivity index (χ3v) is 8.54. The van der Waals surface area contributed by atoms with Crippen LogP contribution in [0.25, 0.3) is 0 Å². The standard InChI is InChI=1S/C21H32O3/c1-12(22)19-18(24)11-17-15-5-4-13-10-14(23)6-8-20(13,2)16(15)7-9-21(17,19)3/h4,14-19,23-24H,5-11H2,1-3H3/t14?,15-,16+,17+,18-,19+,20+,21+/m1/s1. The smallest absolute Gasteiger partial charge is 0.136 e. The molecule has 4 aliphatic carbocycles. The molecule has 0 aromatic rings. The normalized spacial score (nSPS) is 53.6. The molecule has 8 atom stereocenters. The fraction of sp³-hybridized carbons (Fsp3) is 0.857. The van der Waals surface area contributed by atoms with E-state index in [1.165, 1.54) is 5.57 Å². The summed E-state index contributed by atoms with van der Waals surface area (Å²) >= 11 is 0. The number of carbonyl (C=O) groups is 1. The lowest BCUT2D eigenvalue weighted by molar-refractivity contribution is -0.130. The summed E-state index contributed by atoms with van der Waals surface area (Å²) in [6, 6.07) is 0. The largest absolute Gasteiger partial charge is 0.393 e. The van der Waals surface area contributed by atoms with Crippen molar-refractivity contribution in [1.29, 1.82) is 0 Å². The molecule has 0 aliphatic heterocycles. The van der Waals surface area contributed by atoms with Crippen LogP contribution >= 0.6 is 0 Å². The van der Waals surface area contributed by atoms with Crippen molar-refractivity contribution in [3.63, 3.8) is 0 Å². The molecule has 3 fully saturated rings. The maximum atomic E-state index is 12.2. The molecule has 0 amide bonds. The van der Waals surface area contributed by atoms with Crippen molar-refractivity contribution >= 4 is 5.78 Å². The summed E-state index contributed by atoms with van der Waals surface area (Å²) in [6.07, 6.45) is 8.73. The summed E-state index contributed by atoms with van der Waals surface area (Å²) in [6.45, 7) is 6.34. The number of allylic oxidation sites excluding steroid dienone is 1. The second-order valence-electron chi connectivity index (χ2n) is 9.59. The summed E-state index contributed by atoms with van der Waals surface area (Å²) in [7, 11) is 0. The highest BCUT2D eigenvalue weighted by Crippen LogP contribution is 2.66. The summed E-state index contributed by atoms with van der Waals surface area (Å²) in [5, 5.41) is 20.7. The van der Waals surface area contributed by atoms with Gasteiger partial charge in [-0.1, -0.05) is 25.5 Å². The zero-order chi connectivity index (χ0) is 17.3. The van der Waals surface area contributed by atoms with Crippen molar-refractivity contribution in [2.45, 2.75) is 77.9 Å². The van der Waals surface area contributed by atoms with E-state index >= 15 is 0 Å². The predicted octanol–water partition coefficient (Wildman–Crippen LogP) is 3.49. The third-order valence-electron chi connectivity index (χ3n) is 8.54. The van der Waals surface area contributed by atoms with Crippen LogP contribution in [0.2, 0.25) is 0 Å². The van der Waals surface area contributed by atoms with Crippen molar-refractivity contribution < 1.29 is 15.0 Å². The van der Waals surface area contributed by atoms with Crippen molar-refractivity contribution in [3.05, 3.63) is 11.6 Å². The summed E-state index contributed by atoms with van der Waals surface area (Å²) < 4.78 is 0. The highest BCUT2D eigenvalue weighted by atomic mass is 16.3. The van der Waals surface area contributed by atoms with Crippen LogP contribution < -0.4 is 0 Å². The van der Waals surface area contributed by atoms with E-state index in [0.717, 1.165) is 44.9 Å². The highest BCUT2D eigenvalue weighted by Gasteiger charge is 2.61. The maximum absolute atomic E-state index is 12.2. The third kappa shape index (κ3) is 2.13. The molecular weight excluding hydrogens is 300 g/mol. The lowest BCUT2D eigenvalue weighted by atomic mass is 9.47. The Morgan fingerprint density at radius 2 is 1.92 bits per heavy atom. The summed E-state index contributed by atoms with van der Waals surface area (Å²) in [5.74, 6) is 1.70. The van der Waals surface area contributed by atoms with E-state index in [4.69, 9.17) is 0 Å². The average Bonchev–Trinajstić information content (AvgIpc) is 2.78. The van der Waals surface area contributed by atoms with Crippen molar-refractivity contribution in [1.82, 2.24) is 0 Å². The lowest BCUT2D eigenvalue weighted by Gasteiger charge is -2.57. The van der Waals surface area contributed by atoms with Gasteiger partial charge in [-0.15, -0.1) is 0 Å². The summed E-state index contributed by atoms with van der Waals surface area (Å²) in [4.78, 5) is 12.2. The van der Waals surface area contributed by atoms with E-state index in [9.17, 15) is 15.0 Å². The van der Waals surface area contributed by atoms with E-state index in [-0.39, 0.29) is 28.6 Å². The Kier molecular flexibility index (Phi) is 3.78. The molecule has 3 saturated carbocycles. The first kappa shape index (κ1) is 16.8. The van der Waals surface area contributed by atoms with E-state index in [0.29, 0.717) is 17.8 Å². The Balaban J connectivity index is 1.68. The van der Waals surface area contributed by atoms with Gasteiger partial charge in [0.15, 0.2) is 0 Å². The van der Waals surface area contributed by atoms with Crippen LogP contribution in [-0.2, 0) is 4.79 Å². The van der Waals surface area contributed by atoms with Crippen LogP contribution in [0.15, 0.2) is 11.6 Å². The zero-order valence-electron chi connectivity index (χ0n) is 15.3. The van der Waals surface area contributed by atoms with E-state index < -0.39 is 6.10 Å². The Labute approximate surface area is 145 Å². The minimum atomic E-state index is -0.456. The highest BCUT2D eigenvalue weighted by molar-refractivity contribution is 5.80. The molecule has 0 heterocycles. The second-order valence-corrected chi connectivity index (χ2v) is 9.59. The Bertz CT molecular complexity index is 582. The first-order valence-corrected chi connectivity index (χ1v) is 9.83. The molecular formula is C21H32O3. The molecule has 4 aliphatic rings. The molecule has 0 spiro atoms. The van der Waals surface area contributed by atoms with Gasteiger partial charge >= 0.3 is 0 Å². The minimum Gasteiger partial charge on any atom is -0.393 e. The first-order valence-electron chi connectivity index (χ1n) is 9.83. The summed E-state index contributed by atoms with van der Waals surface area (Å²) in [5.41, 5.74) is 1.68. The number of aliphatic hydroxyl groups is 2. The van der Waals surface area contributed by atoms with Gasteiger partial charge in [0, 0.05) is 5.92 Å². The van der Waals surface area contributed by atoms with Gasteiger partial charge in [0.25, 0.3) is 0 Å². The van der Waals surface area contributed by atoms with Gasteiger partial charge in [-0.2, -0.15) is 0 Å². The zero-order valence-corrected chi connectivity index (χ0v) is 15.3. The van der Waals surface area contributed by atoms with Crippen molar-refractivity contribution in [3.8, 4) is 0 Å². The van der Waals surface area contributed by atoms with Crippen LogP contribution in [0.4, 0.5) is 0 Å². The number of rotatable bonds is 1. The van der Waals surface area contributed by atoms with Crippen LogP contribution in [0.3, 0.4) is 0 Å². The molecule has 1 unspecified atom stereocenters. The molecule has 3 nitrogen and oxygen atoms in total. The van der Waals surface area contributed by atoms with Crippen molar-refractivity contribution in [2.24, 2.45) is 34.5 Å². The second kappa shape index (κ2) is 5.41. The quantitative estimate of drug-likeness (QED) is 0.723. The molecule has 24 heavy (non-hydrogen) atoms. The fourth-order valence-electron chi connectivity index (χ4n) is 7.39. The van der Waals surface area contributed by atoms with Gasteiger partial charge in [-0.05, 0) is 80.5 Å². The molecule has 3 heteroatoms. The number of Topliss-reactive ketones (excluding diaryl/α,β-unsaturated/α-hetero) is 1. The molecule has 0 bridgehead atoms. The number of hydrogen-bond acceptors (Lipinski definition) is 3. The number of hydrogen-bond donors (Lipinski definition) is 2. The van der Waals surface area contributed by atoms with Gasteiger partial charge in [-0.3, -0.25) is 4.79 Å². The van der Waals surface area contributed by atoms with Crippen molar-refractivity contribution in [2.75, 3.05) is 0 Å². The molecule has 134 valence electrons. The van der Waals surface area contributed by atoms with Gasteiger partial charge in [0.1, 0.15) is 5.78 Å². The van der Waals surface area contributed by atoms with E-state index in [2.05, 4.69) is 19.9 Å². The van der Waals surface area contributed by atoms with E-state index in [1.807, 2.05) is 0 Å². The Morgan fingerprint density at radius 3 is 2.62 bits per heavy atom. The molecule has 2 N–H and O–H groups in total. The monoisotopic (exact) mass is 332 g/mol. The molecule has 0 saturated heterocycles. The van der Waals surface area contributed by atoms with Gasteiger partial charge in [-0.25, -0.2) is 0 Å². The van der Waals surface area contributed by atoms with Crippen LogP contribution in [0.5, 0.6) is 0 Å². The number of aliphatic hydroxyl groups excluding tert-OH is 2. The number of carbonyl (C=O) groups excluding carboxylic acids is 1. The molecule has 0 aromatic carbocycles. The SMILES string of the molecule is CC(=O)[C@H]1[C@H](O)C[C@H]2[C@@H]3CC=C4CC(O)CC[C@]4(C)[C@H]3CC[C@@]21C. The van der Waals surface area contributed by atoms with Gasteiger partial charge in [0.2, 0.25) is 0 Å². The van der Waals surface area contributed by atoms with Crippen LogP contribution in [-0.4, -0.2) is 28.2 Å². The first-order chi connectivity index (χ1) is 11.3. The molecule has 0 radical (unpaired) electrons. The average molecular weight is 332 g/mol. The predicted molar refractivity (Wildman–Crippen MR) is 93.3 cm³/mol. The van der Waals surface area contributed by atoms with Gasteiger partial charge in [0.05, 0.1) is 12.2 Å². The number of fused-ring (bicyclic) bond motifs is 5. The molecule has 0 aromatic heterocycles. The molecule has 4 rings (SSSR count).